The lowest BCUT2D eigenvalue weighted by molar-refractivity contribution is 0.102. The second-order valence-corrected chi connectivity index (χ2v) is 5.40. The summed E-state index contributed by atoms with van der Waals surface area (Å²) in [5.41, 5.74) is 6.66. The van der Waals surface area contributed by atoms with Gasteiger partial charge in [-0.2, -0.15) is 0 Å². The van der Waals surface area contributed by atoms with Gasteiger partial charge in [0.1, 0.15) is 10.8 Å². The predicted molar refractivity (Wildman–Crippen MR) is 86.7 cm³/mol. The number of carbonyl (C=O) groups is 1. The Balaban J connectivity index is 2.28. The van der Waals surface area contributed by atoms with Gasteiger partial charge in [0, 0.05) is 11.1 Å². The highest BCUT2D eigenvalue weighted by molar-refractivity contribution is 7.80. The molecule has 3 nitrogen and oxygen atoms in total. The lowest BCUT2D eigenvalue weighted by Gasteiger charge is -2.09. The van der Waals surface area contributed by atoms with Gasteiger partial charge < -0.3 is 11.1 Å². The van der Waals surface area contributed by atoms with E-state index in [2.05, 4.69) is 5.32 Å². The van der Waals surface area contributed by atoms with Gasteiger partial charge in [-0.3, -0.25) is 4.79 Å². The van der Waals surface area contributed by atoms with Gasteiger partial charge in [0.05, 0.1) is 15.7 Å². The summed E-state index contributed by atoms with van der Waals surface area (Å²) in [5, 5.41) is 2.80. The lowest BCUT2D eigenvalue weighted by Crippen LogP contribution is -2.14. The molecule has 0 saturated heterocycles. The highest BCUT2D eigenvalue weighted by Gasteiger charge is 2.12. The summed E-state index contributed by atoms with van der Waals surface area (Å²) in [6.07, 6.45) is 0. The zero-order valence-electron chi connectivity index (χ0n) is 10.5. The summed E-state index contributed by atoms with van der Waals surface area (Å²) >= 11 is 16.5. The quantitative estimate of drug-likeness (QED) is 0.828. The Morgan fingerprint density at radius 1 is 1.10 bits per heavy atom. The molecule has 0 aliphatic rings. The van der Waals surface area contributed by atoms with Crippen molar-refractivity contribution in [1.29, 1.82) is 0 Å². The van der Waals surface area contributed by atoms with Crippen molar-refractivity contribution in [3.05, 3.63) is 63.4 Å². The molecule has 2 aromatic carbocycles. The van der Waals surface area contributed by atoms with Crippen LogP contribution in [0.5, 0.6) is 0 Å². The summed E-state index contributed by atoms with van der Waals surface area (Å²) in [5.74, 6) is -1.07. The highest BCUT2D eigenvalue weighted by atomic mass is 35.5. The predicted octanol–water partition coefficient (Wildman–Crippen LogP) is 4.02. The number of nitrogens with one attached hydrogen (secondary N) is 1. The third kappa shape index (κ3) is 3.69. The van der Waals surface area contributed by atoms with Crippen LogP contribution in [0.25, 0.3) is 0 Å². The zero-order valence-corrected chi connectivity index (χ0v) is 12.8. The first-order valence-corrected chi connectivity index (χ1v) is 6.90. The van der Waals surface area contributed by atoms with Gasteiger partial charge in [0.15, 0.2) is 0 Å². The third-order valence-electron chi connectivity index (χ3n) is 2.68. The average molecular weight is 343 g/mol. The van der Waals surface area contributed by atoms with Crippen LogP contribution in [0, 0.1) is 5.82 Å². The molecule has 0 fully saturated rings. The van der Waals surface area contributed by atoms with Gasteiger partial charge in [-0.05, 0) is 30.3 Å². The van der Waals surface area contributed by atoms with Gasteiger partial charge in [-0.1, -0.05) is 41.5 Å². The van der Waals surface area contributed by atoms with Gasteiger partial charge >= 0.3 is 0 Å². The molecular formula is C14H9Cl2FN2OS. The van der Waals surface area contributed by atoms with Gasteiger partial charge in [0.25, 0.3) is 5.91 Å². The molecule has 3 N–H and O–H groups in total. The standard InChI is InChI=1S/C14H9Cl2FN2OS/c15-9-3-1-7(13(18)21)6-12(9)19-14(20)8-2-4-11(17)10(16)5-8/h1-6H,(H2,18,21)(H,19,20). The van der Waals surface area contributed by atoms with Crippen LogP contribution >= 0.6 is 35.4 Å². The smallest absolute Gasteiger partial charge is 0.255 e. The molecule has 21 heavy (non-hydrogen) atoms. The maximum absolute atomic E-state index is 13.1. The van der Waals surface area contributed by atoms with Crippen LogP contribution in [0.3, 0.4) is 0 Å². The number of nitrogens with two attached hydrogens (primary N) is 1. The maximum Gasteiger partial charge on any atom is 0.255 e. The van der Waals surface area contributed by atoms with Crippen LogP contribution in [0.1, 0.15) is 15.9 Å². The molecule has 2 aromatic rings. The van der Waals surface area contributed by atoms with E-state index < -0.39 is 11.7 Å². The number of carbonyl (C=O) groups excluding carboxylic acids is 1. The Morgan fingerprint density at radius 2 is 1.76 bits per heavy atom. The van der Waals surface area contributed by atoms with E-state index in [-0.39, 0.29) is 15.6 Å². The fraction of sp³-hybridized carbons (Fsp3) is 0. The van der Waals surface area contributed by atoms with E-state index in [9.17, 15) is 9.18 Å². The molecule has 0 radical (unpaired) electrons. The number of thiocarbonyl (C=S) groups is 1. The molecule has 0 aromatic heterocycles. The molecule has 0 aliphatic carbocycles. The molecule has 0 heterocycles. The Bertz CT molecular complexity index is 737. The van der Waals surface area contributed by atoms with Crippen LogP contribution in [0.4, 0.5) is 10.1 Å². The van der Waals surface area contributed by atoms with Crippen molar-refractivity contribution < 1.29 is 9.18 Å². The van der Waals surface area contributed by atoms with Gasteiger partial charge in [0.2, 0.25) is 0 Å². The fourth-order valence-electron chi connectivity index (χ4n) is 1.61. The van der Waals surface area contributed by atoms with Crippen LogP contribution in [0.2, 0.25) is 10.0 Å². The van der Waals surface area contributed by atoms with Crippen LogP contribution < -0.4 is 11.1 Å². The van der Waals surface area contributed by atoms with Crippen LogP contribution in [-0.4, -0.2) is 10.9 Å². The van der Waals surface area contributed by atoms with Gasteiger partial charge in [-0.15, -0.1) is 0 Å². The first kappa shape index (κ1) is 15.7. The molecule has 2 rings (SSSR count). The molecule has 0 spiro atoms. The summed E-state index contributed by atoms with van der Waals surface area (Å²) in [6.45, 7) is 0. The fourth-order valence-corrected chi connectivity index (χ4v) is 2.08. The van der Waals surface area contributed by atoms with E-state index in [0.717, 1.165) is 6.07 Å². The minimum Gasteiger partial charge on any atom is -0.389 e. The maximum atomic E-state index is 13.1. The summed E-state index contributed by atoms with van der Waals surface area (Å²) < 4.78 is 13.1. The second kappa shape index (κ2) is 6.39. The van der Waals surface area contributed by atoms with Crippen molar-refractivity contribution in [3.8, 4) is 0 Å². The average Bonchev–Trinajstić information content (AvgIpc) is 2.43. The largest absolute Gasteiger partial charge is 0.389 e. The van der Waals surface area contributed by atoms with E-state index in [1.807, 2.05) is 0 Å². The van der Waals surface area contributed by atoms with Crippen LogP contribution in [0.15, 0.2) is 36.4 Å². The van der Waals surface area contributed by atoms with E-state index in [1.54, 1.807) is 18.2 Å². The Hall–Kier alpha value is -1.69. The number of halogens is 3. The molecule has 1 amide bonds. The number of anilines is 1. The molecule has 108 valence electrons. The first-order valence-electron chi connectivity index (χ1n) is 5.74. The summed E-state index contributed by atoms with van der Waals surface area (Å²) in [4.78, 5) is 12.3. The number of hydrogen-bond donors (Lipinski definition) is 2. The van der Waals surface area contributed by atoms with E-state index in [0.29, 0.717) is 16.3 Å². The minimum absolute atomic E-state index is 0.134. The second-order valence-electron chi connectivity index (χ2n) is 4.14. The molecular weight excluding hydrogens is 334 g/mol. The Morgan fingerprint density at radius 3 is 2.38 bits per heavy atom. The highest BCUT2D eigenvalue weighted by Crippen LogP contribution is 2.24. The normalized spacial score (nSPS) is 10.2. The number of benzene rings is 2. The van der Waals surface area contributed by atoms with Crippen LogP contribution in [-0.2, 0) is 0 Å². The first-order chi connectivity index (χ1) is 9.88. The van der Waals surface area contributed by atoms with Crippen molar-refractivity contribution in [2.24, 2.45) is 5.73 Å². The van der Waals surface area contributed by atoms with Gasteiger partial charge in [-0.25, -0.2) is 4.39 Å². The lowest BCUT2D eigenvalue weighted by atomic mass is 10.1. The van der Waals surface area contributed by atoms with Crippen molar-refractivity contribution in [3.63, 3.8) is 0 Å². The molecule has 0 saturated carbocycles. The van der Waals surface area contributed by atoms with E-state index >= 15 is 0 Å². The number of rotatable bonds is 3. The number of amides is 1. The summed E-state index contributed by atoms with van der Waals surface area (Å²) in [6, 6.07) is 8.45. The molecule has 0 atom stereocenters. The Labute approximate surface area is 135 Å². The van der Waals surface area contributed by atoms with Crippen molar-refractivity contribution in [2.75, 3.05) is 5.32 Å². The van der Waals surface area contributed by atoms with Crippen molar-refractivity contribution in [2.45, 2.75) is 0 Å². The molecule has 0 unspecified atom stereocenters. The summed E-state index contributed by atoms with van der Waals surface area (Å²) in [7, 11) is 0. The third-order valence-corrected chi connectivity index (χ3v) is 3.54. The van der Waals surface area contributed by atoms with E-state index in [4.69, 9.17) is 41.2 Å². The zero-order chi connectivity index (χ0) is 15.6. The van der Waals surface area contributed by atoms with Crippen molar-refractivity contribution in [1.82, 2.24) is 0 Å². The number of hydrogen-bond acceptors (Lipinski definition) is 2. The van der Waals surface area contributed by atoms with Crippen molar-refractivity contribution >= 4 is 52.0 Å². The SMILES string of the molecule is NC(=S)c1ccc(Cl)c(NC(=O)c2ccc(F)c(Cl)c2)c1. The topological polar surface area (TPSA) is 55.1 Å². The molecule has 0 aliphatic heterocycles. The molecule has 7 heteroatoms. The Kier molecular flexibility index (Phi) is 4.77. The van der Waals surface area contributed by atoms with E-state index in [1.165, 1.54) is 12.1 Å². The molecule has 0 bridgehead atoms. The monoisotopic (exact) mass is 342 g/mol. The minimum atomic E-state index is -0.596.